The molecular formula is C10H13BrO. The molecule has 1 nitrogen and oxygen atoms in total. The Bertz CT molecular complexity index is 261. The van der Waals surface area contributed by atoms with E-state index in [0.29, 0.717) is 6.42 Å². The van der Waals surface area contributed by atoms with Crippen LogP contribution in [0.1, 0.15) is 33.1 Å². The SMILES string of the molecule is CC/C(Br)=C\C1=C(C)CCC1=O. The van der Waals surface area contributed by atoms with Gasteiger partial charge >= 0.3 is 0 Å². The number of allylic oxidation sites excluding steroid dienone is 4. The quantitative estimate of drug-likeness (QED) is 0.709. The second kappa shape index (κ2) is 4.04. The van der Waals surface area contributed by atoms with Crippen LogP contribution in [-0.2, 0) is 4.79 Å². The van der Waals surface area contributed by atoms with E-state index in [-0.39, 0.29) is 5.78 Å². The number of hydrogen-bond donors (Lipinski definition) is 0. The van der Waals surface area contributed by atoms with Gasteiger partial charge in [0.2, 0.25) is 0 Å². The molecule has 2 heteroatoms. The van der Waals surface area contributed by atoms with Crippen LogP contribution < -0.4 is 0 Å². The van der Waals surface area contributed by atoms with Gasteiger partial charge < -0.3 is 0 Å². The molecule has 0 spiro atoms. The third-order valence-corrected chi connectivity index (χ3v) is 2.92. The van der Waals surface area contributed by atoms with Crippen LogP contribution in [0.5, 0.6) is 0 Å². The smallest absolute Gasteiger partial charge is 0.163 e. The lowest BCUT2D eigenvalue weighted by molar-refractivity contribution is -0.114. The molecule has 0 heterocycles. The van der Waals surface area contributed by atoms with Gasteiger partial charge in [0.15, 0.2) is 5.78 Å². The maximum Gasteiger partial charge on any atom is 0.163 e. The lowest BCUT2D eigenvalue weighted by atomic mass is 10.1. The first-order valence-electron chi connectivity index (χ1n) is 4.24. The Balaban J connectivity index is 2.87. The van der Waals surface area contributed by atoms with Crippen LogP contribution in [0.3, 0.4) is 0 Å². The highest BCUT2D eigenvalue weighted by molar-refractivity contribution is 9.11. The molecule has 0 fully saturated rings. The molecule has 0 aromatic heterocycles. The molecule has 0 aromatic carbocycles. The molecule has 0 atom stereocenters. The third-order valence-electron chi connectivity index (χ3n) is 2.13. The minimum Gasteiger partial charge on any atom is -0.294 e. The first-order valence-corrected chi connectivity index (χ1v) is 5.03. The monoisotopic (exact) mass is 228 g/mol. The average molecular weight is 229 g/mol. The molecule has 1 aliphatic rings. The maximum absolute atomic E-state index is 11.3. The molecular weight excluding hydrogens is 216 g/mol. The standard InChI is InChI=1S/C10H13BrO/c1-3-8(11)6-9-7(2)4-5-10(9)12/h6H,3-5H2,1-2H3/b8-6+. The number of ketones is 1. The largest absolute Gasteiger partial charge is 0.294 e. The van der Waals surface area contributed by atoms with Crippen LogP contribution >= 0.6 is 15.9 Å². The van der Waals surface area contributed by atoms with Gasteiger partial charge in [-0.2, -0.15) is 0 Å². The number of hydrogen-bond acceptors (Lipinski definition) is 1. The Morgan fingerprint density at radius 3 is 2.67 bits per heavy atom. The molecule has 0 bridgehead atoms. The van der Waals surface area contributed by atoms with Gasteiger partial charge in [-0.15, -0.1) is 0 Å². The Morgan fingerprint density at radius 1 is 1.58 bits per heavy atom. The fraction of sp³-hybridized carbons (Fsp3) is 0.500. The minimum absolute atomic E-state index is 0.290. The molecule has 0 N–H and O–H groups in total. The van der Waals surface area contributed by atoms with Crippen molar-refractivity contribution in [2.24, 2.45) is 0 Å². The van der Waals surface area contributed by atoms with Gasteiger partial charge in [0.25, 0.3) is 0 Å². The molecule has 1 rings (SSSR count). The minimum atomic E-state index is 0.290. The van der Waals surface area contributed by atoms with Crippen molar-refractivity contribution in [1.82, 2.24) is 0 Å². The fourth-order valence-electron chi connectivity index (χ4n) is 1.27. The van der Waals surface area contributed by atoms with Gasteiger partial charge in [0, 0.05) is 12.0 Å². The van der Waals surface area contributed by atoms with E-state index in [1.165, 1.54) is 5.57 Å². The van der Waals surface area contributed by atoms with E-state index in [4.69, 9.17) is 0 Å². The summed E-state index contributed by atoms with van der Waals surface area (Å²) in [5.74, 6) is 0.290. The predicted molar refractivity (Wildman–Crippen MR) is 54.2 cm³/mol. The molecule has 0 amide bonds. The summed E-state index contributed by atoms with van der Waals surface area (Å²) in [5, 5.41) is 0. The van der Waals surface area contributed by atoms with Crippen LogP contribution in [0.25, 0.3) is 0 Å². The average Bonchev–Trinajstić information content (AvgIpc) is 2.35. The summed E-state index contributed by atoms with van der Waals surface area (Å²) in [4.78, 5) is 11.3. The van der Waals surface area contributed by atoms with Crippen molar-refractivity contribution in [3.63, 3.8) is 0 Å². The molecule has 12 heavy (non-hydrogen) atoms. The van der Waals surface area contributed by atoms with E-state index in [9.17, 15) is 4.79 Å². The van der Waals surface area contributed by atoms with Crippen LogP contribution in [0, 0.1) is 0 Å². The fourth-order valence-corrected chi connectivity index (χ4v) is 1.50. The van der Waals surface area contributed by atoms with E-state index in [1.54, 1.807) is 0 Å². The van der Waals surface area contributed by atoms with Gasteiger partial charge in [-0.05, 0) is 30.3 Å². The zero-order chi connectivity index (χ0) is 9.14. The van der Waals surface area contributed by atoms with Gasteiger partial charge in [0.05, 0.1) is 0 Å². The highest BCUT2D eigenvalue weighted by atomic mass is 79.9. The summed E-state index contributed by atoms with van der Waals surface area (Å²) in [7, 11) is 0. The lowest BCUT2D eigenvalue weighted by Gasteiger charge is -1.96. The summed E-state index contributed by atoms with van der Waals surface area (Å²) in [5.41, 5.74) is 2.15. The number of Topliss-reactive ketones (excluding diaryl/α,β-unsaturated/α-hetero) is 1. The van der Waals surface area contributed by atoms with Crippen molar-refractivity contribution in [3.05, 3.63) is 21.7 Å². The highest BCUT2D eigenvalue weighted by Gasteiger charge is 2.17. The van der Waals surface area contributed by atoms with Gasteiger partial charge in [-0.3, -0.25) is 4.79 Å². The topological polar surface area (TPSA) is 17.1 Å². The zero-order valence-electron chi connectivity index (χ0n) is 7.48. The van der Waals surface area contributed by atoms with Crippen molar-refractivity contribution >= 4 is 21.7 Å². The normalized spacial score (nSPS) is 19.2. The van der Waals surface area contributed by atoms with Crippen molar-refractivity contribution < 1.29 is 4.79 Å². The van der Waals surface area contributed by atoms with E-state index in [0.717, 1.165) is 22.9 Å². The van der Waals surface area contributed by atoms with Crippen molar-refractivity contribution in [3.8, 4) is 0 Å². The molecule has 66 valence electrons. The van der Waals surface area contributed by atoms with E-state index < -0.39 is 0 Å². The van der Waals surface area contributed by atoms with Crippen LogP contribution in [-0.4, -0.2) is 5.78 Å². The van der Waals surface area contributed by atoms with Crippen LogP contribution in [0.15, 0.2) is 21.7 Å². The Labute approximate surface area is 81.7 Å². The molecule has 0 aromatic rings. The van der Waals surface area contributed by atoms with Crippen molar-refractivity contribution in [2.75, 3.05) is 0 Å². The Morgan fingerprint density at radius 2 is 2.25 bits per heavy atom. The van der Waals surface area contributed by atoms with Gasteiger partial charge in [-0.1, -0.05) is 28.4 Å². The van der Waals surface area contributed by atoms with Gasteiger partial charge in [0.1, 0.15) is 0 Å². The van der Waals surface area contributed by atoms with Crippen molar-refractivity contribution in [2.45, 2.75) is 33.1 Å². The molecule has 0 saturated carbocycles. The Kier molecular flexibility index (Phi) is 3.27. The summed E-state index contributed by atoms with van der Waals surface area (Å²) in [6.07, 6.45) is 4.55. The summed E-state index contributed by atoms with van der Waals surface area (Å²) >= 11 is 3.42. The third kappa shape index (κ3) is 2.07. The maximum atomic E-state index is 11.3. The predicted octanol–water partition coefficient (Wildman–Crippen LogP) is 3.35. The van der Waals surface area contributed by atoms with Crippen LogP contribution in [0.2, 0.25) is 0 Å². The number of halogens is 1. The van der Waals surface area contributed by atoms with E-state index in [1.807, 2.05) is 13.0 Å². The first-order chi connectivity index (χ1) is 5.65. The zero-order valence-corrected chi connectivity index (χ0v) is 9.07. The molecule has 1 aliphatic carbocycles. The second-order valence-corrected chi connectivity index (χ2v) is 4.08. The molecule has 0 saturated heterocycles. The number of carbonyl (C=O) groups is 1. The highest BCUT2D eigenvalue weighted by Crippen LogP contribution is 2.25. The number of carbonyl (C=O) groups excluding carboxylic acids is 1. The summed E-state index contributed by atoms with van der Waals surface area (Å²) in [6, 6.07) is 0. The Hall–Kier alpha value is -0.370. The van der Waals surface area contributed by atoms with Gasteiger partial charge in [-0.25, -0.2) is 0 Å². The molecule has 0 aliphatic heterocycles. The first kappa shape index (κ1) is 9.72. The molecule has 0 radical (unpaired) electrons. The lowest BCUT2D eigenvalue weighted by Crippen LogP contribution is -1.92. The van der Waals surface area contributed by atoms with E-state index >= 15 is 0 Å². The second-order valence-electron chi connectivity index (χ2n) is 3.06. The van der Waals surface area contributed by atoms with Crippen molar-refractivity contribution in [1.29, 1.82) is 0 Å². The van der Waals surface area contributed by atoms with Crippen LogP contribution in [0.4, 0.5) is 0 Å². The molecule has 0 unspecified atom stereocenters. The number of rotatable bonds is 2. The summed E-state index contributed by atoms with van der Waals surface area (Å²) in [6.45, 7) is 4.10. The van der Waals surface area contributed by atoms with E-state index in [2.05, 4.69) is 22.9 Å². The summed E-state index contributed by atoms with van der Waals surface area (Å²) < 4.78 is 1.10.